The average molecular weight is 425 g/mol. The quantitative estimate of drug-likeness (QED) is 0.485. The first-order valence-electron chi connectivity index (χ1n) is 9.95. The summed E-state index contributed by atoms with van der Waals surface area (Å²) in [5, 5.41) is 0.567. The van der Waals surface area contributed by atoms with Crippen LogP contribution in [0.3, 0.4) is 0 Å². The fourth-order valence-electron chi connectivity index (χ4n) is 3.19. The summed E-state index contributed by atoms with van der Waals surface area (Å²) in [6.07, 6.45) is 2.34. The highest BCUT2D eigenvalue weighted by Crippen LogP contribution is 2.15. The second-order valence-electron chi connectivity index (χ2n) is 7.05. The summed E-state index contributed by atoms with van der Waals surface area (Å²) in [5.41, 5.74) is 1.53. The van der Waals surface area contributed by atoms with E-state index in [0.29, 0.717) is 36.0 Å². The lowest BCUT2D eigenvalue weighted by molar-refractivity contribution is -0.133. The minimum absolute atomic E-state index is 0.00282. The van der Waals surface area contributed by atoms with Gasteiger partial charge in [0, 0.05) is 23.7 Å². The molecule has 0 bridgehead atoms. The number of furan rings is 1. The Hall–Kier alpha value is -3.05. The maximum absolute atomic E-state index is 13.2. The van der Waals surface area contributed by atoms with E-state index < -0.39 is 0 Å². The third-order valence-corrected chi connectivity index (χ3v) is 4.95. The van der Waals surface area contributed by atoms with Gasteiger partial charge in [0.25, 0.3) is 5.91 Å². The molecule has 0 N–H and O–H groups in total. The average Bonchev–Trinajstić information content (AvgIpc) is 3.27. The Morgan fingerprint density at radius 2 is 1.63 bits per heavy atom. The number of amides is 2. The summed E-state index contributed by atoms with van der Waals surface area (Å²) in [6.45, 7) is 3.26. The van der Waals surface area contributed by atoms with Crippen molar-refractivity contribution in [1.82, 2.24) is 9.80 Å². The first-order valence-corrected chi connectivity index (χ1v) is 10.3. The van der Waals surface area contributed by atoms with Gasteiger partial charge in [-0.15, -0.1) is 0 Å². The number of carbonyl (C=O) groups is 2. The molecule has 0 saturated carbocycles. The van der Waals surface area contributed by atoms with E-state index in [1.54, 1.807) is 46.4 Å². The standard InChI is InChI=1S/C24H25ClN2O3/c1-2-14-26(24(29)20-10-12-21(25)13-11-20)18-23(28)27(17-22-9-6-15-30-22)16-19-7-4-3-5-8-19/h3-13,15H,2,14,16-18H2,1H3. The minimum atomic E-state index is -0.181. The fourth-order valence-corrected chi connectivity index (χ4v) is 3.31. The molecule has 0 aliphatic carbocycles. The molecule has 0 radical (unpaired) electrons. The molecule has 2 amide bonds. The van der Waals surface area contributed by atoms with E-state index in [4.69, 9.17) is 16.0 Å². The highest BCUT2D eigenvalue weighted by molar-refractivity contribution is 6.30. The fraction of sp³-hybridized carbons (Fsp3) is 0.250. The molecule has 0 fully saturated rings. The van der Waals surface area contributed by atoms with Crippen LogP contribution >= 0.6 is 11.6 Å². The minimum Gasteiger partial charge on any atom is -0.467 e. The SMILES string of the molecule is CCCN(CC(=O)N(Cc1ccccc1)Cc1ccco1)C(=O)c1ccc(Cl)cc1. The third-order valence-electron chi connectivity index (χ3n) is 4.69. The summed E-state index contributed by atoms with van der Waals surface area (Å²) in [5.74, 6) is 0.385. The maximum atomic E-state index is 13.2. The molecule has 0 aliphatic heterocycles. The van der Waals surface area contributed by atoms with Gasteiger partial charge in [0.15, 0.2) is 0 Å². The van der Waals surface area contributed by atoms with Gasteiger partial charge in [-0.2, -0.15) is 0 Å². The summed E-state index contributed by atoms with van der Waals surface area (Å²) >= 11 is 5.93. The predicted octanol–water partition coefficient (Wildman–Crippen LogP) is 5.01. The van der Waals surface area contributed by atoms with Crippen LogP contribution in [0.5, 0.6) is 0 Å². The number of benzene rings is 2. The Kier molecular flexibility index (Phi) is 7.69. The lowest BCUT2D eigenvalue weighted by Gasteiger charge is -2.27. The van der Waals surface area contributed by atoms with E-state index >= 15 is 0 Å². The van der Waals surface area contributed by atoms with Crippen LogP contribution in [0.4, 0.5) is 0 Å². The van der Waals surface area contributed by atoms with Gasteiger partial charge in [0.05, 0.1) is 12.8 Å². The molecule has 5 nitrogen and oxygen atoms in total. The van der Waals surface area contributed by atoms with E-state index in [2.05, 4.69) is 0 Å². The zero-order chi connectivity index (χ0) is 21.3. The summed E-state index contributed by atoms with van der Waals surface area (Å²) in [6, 6.07) is 20.1. The molecule has 0 saturated heterocycles. The molecule has 2 aromatic carbocycles. The number of carbonyl (C=O) groups excluding carboxylic acids is 2. The van der Waals surface area contributed by atoms with Crippen LogP contribution in [0.1, 0.15) is 35.0 Å². The Balaban J connectivity index is 1.76. The first-order chi connectivity index (χ1) is 14.6. The van der Waals surface area contributed by atoms with Crippen LogP contribution < -0.4 is 0 Å². The molecule has 0 aliphatic rings. The molecule has 3 rings (SSSR count). The summed E-state index contributed by atoms with van der Waals surface area (Å²) < 4.78 is 5.45. The highest BCUT2D eigenvalue weighted by atomic mass is 35.5. The smallest absolute Gasteiger partial charge is 0.254 e. The Morgan fingerprint density at radius 3 is 2.27 bits per heavy atom. The molecule has 0 atom stereocenters. The van der Waals surface area contributed by atoms with Crippen molar-refractivity contribution >= 4 is 23.4 Å². The number of nitrogens with zero attached hydrogens (tertiary/aromatic N) is 2. The number of halogens is 1. The second-order valence-corrected chi connectivity index (χ2v) is 7.48. The van der Waals surface area contributed by atoms with Crippen LogP contribution in [0, 0.1) is 0 Å². The van der Waals surface area contributed by atoms with Crippen LogP contribution in [0.2, 0.25) is 5.02 Å². The molecule has 0 unspecified atom stereocenters. The maximum Gasteiger partial charge on any atom is 0.254 e. The zero-order valence-corrected chi connectivity index (χ0v) is 17.7. The second kappa shape index (κ2) is 10.6. The van der Waals surface area contributed by atoms with Gasteiger partial charge in [0.2, 0.25) is 5.91 Å². The third kappa shape index (κ3) is 5.97. The van der Waals surface area contributed by atoms with Gasteiger partial charge in [-0.3, -0.25) is 9.59 Å². The van der Waals surface area contributed by atoms with Crippen molar-refractivity contribution in [2.24, 2.45) is 0 Å². The molecule has 3 aromatic rings. The molecular weight excluding hydrogens is 400 g/mol. The van der Waals surface area contributed by atoms with Crippen LogP contribution in [-0.2, 0) is 17.9 Å². The van der Waals surface area contributed by atoms with Crippen molar-refractivity contribution in [1.29, 1.82) is 0 Å². The van der Waals surface area contributed by atoms with Crippen molar-refractivity contribution in [2.75, 3.05) is 13.1 Å². The van der Waals surface area contributed by atoms with Crippen molar-refractivity contribution in [2.45, 2.75) is 26.4 Å². The van der Waals surface area contributed by atoms with Crippen molar-refractivity contribution in [3.05, 3.63) is 94.9 Å². The van der Waals surface area contributed by atoms with E-state index in [1.165, 1.54) is 0 Å². The van der Waals surface area contributed by atoms with Crippen LogP contribution in [-0.4, -0.2) is 34.7 Å². The van der Waals surface area contributed by atoms with Gasteiger partial charge in [-0.25, -0.2) is 0 Å². The molecule has 156 valence electrons. The summed E-state index contributed by atoms with van der Waals surface area (Å²) in [7, 11) is 0. The van der Waals surface area contributed by atoms with Gasteiger partial charge >= 0.3 is 0 Å². The van der Waals surface area contributed by atoms with Gasteiger partial charge in [-0.1, -0.05) is 48.9 Å². The van der Waals surface area contributed by atoms with E-state index in [1.807, 2.05) is 43.3 Å². The van der Waals surface area contributed by atoms with Gasteiger partial charge in [0.1, 0.15) is 12.3 Å². The van der Waals surface area contributed by atoms with Crippen molar-refractivity contribution < 1.29 is 14.0 Å². The Bertz CT molecular complexity index is 940. The number of hydrogen-bond acceptors (Lipinski definition) is 3. The lowest BCUT2D eigenvalue weighted by atomic mass is 10.2. The monoisotopic (exact) mass is 424 g/mol. The zero-order valence-electron chi connectivity index (χ0n) is 17.0. The predicted molar refractivity (Wildman–Crippen MR) is 117 cm³/mol. The lowest BCUT2D eigenvalue weighted by Crippen LogP contribution is -2.42. The van der Waals surface area contributed by atoms with Gasteiger partial charge < -0.3 is 14.2 Å². The molecule has 1 heterocycles. The van der Waals surface area contributed by atoms with Gasteiger partial charge in [-0.05, 0) is 48.4 Å². The Morgan fingerprint density at radius 1 is 0.900 bits per heavy atom. The topological polar surface area (TPSA) is 53.8 Å². The molecular formula is C24H25ClN2O3. The van der Waals surface area contributed by atoms with E-state index in [0.717, 1.165) is 12.0 Å². The number of rotatable bonds is 9. The van der Waals surface area contributed by atoms with Crippen molar-refractivity contribution in [3.63, 3.8) is 0 Å². The molecule has 1 aromatic heterocycles. The number of hydrogen-bond donors (Lipinski definition) is 0. The summed E-state index contributed by atoms with van der Waals surface area (Å²) in [4.78, 5) is 29.5. The van der Waals surface area contributed by atoms with E-state index in [9.17, 15) is 9.59 Å². The first kappa shape index (κ1) is 21.7. The van der Waals surface area contributed by atoms with Crippen LogP contribution in [0.15, 0.2) is 77.4 Å². The largest absolute Gasteiger partial charge is 0.467 e. The Labute approximate surface area is 181 Å². The normalized spacial score (nSPS) is 10.6. The van der Waals surface area contributed by atoms with Crippen molar-refractivity contribution in [3.8, 4) is 0 Å². The molecule has 6 heteroatoms. The highest BCUT2D eigenvalue weighted by Gasteiger charge is 2.23. The molecule has 30 heavy (non-hydrogen) atoms. The van der Waals surface area contributed by atoms with E-state index in [-0.39, 0.29) is 18.4 Å². The van der Waals surface area contributed by atoms with Crippen LogP contribution in [0.25, 0.3) is 0 Å². The molecule has 0 spiro atoms.